The monoisotopic (exact) mass is 840 g/mol. The van der Waals surface area contributed by atoms with Gasteiger partial charge in [-0.1, -0.05) is 133 Å². The van der Waals surface area contributed by atoms with Crippen LogP contribution in [0.2, 0.25) is 0 Å². The molecule has 0 N–H and O–H groups in total. The first-order valence-electron chi connectivity index (χ1n) is 21.8. The highest BCUT2D eigenvalue weighted by Crippen LogP contribution is 2.45. The van der Waals surface area contributed by atoms with Crippen molar-refractivity contribution in [3.8, 4) is 79.4 Å². The topological polar surface area (TPSA) is 83.2 Å². The van der Waals surface area contributed by atoms with Gasteiger partial charge in [0.05, 0.1) is 68.1 Å². The van der Waals surface area contributed by atoms with E-state index in [1.807, 2.05) is 91.3 Å². The molecule has 8 aromatic carbocycles. The second kappa shape index (κ2) is 15.8. The first-order valence-corrected chi connectivity index (χ1v) is 21.8. The zero-order chi connectivity index (χ0) is 44.1. The molecular weight excluding hydrogens is 805 g/mol. The Balaban J connectivity index is 1.14. The summed E-state index contributed by atoms with van der Waals surface area (Å²) < 4.78 is 4.57. The highest BCUT2D eigenvalue weighted by atomic mass is 15.0. The van der Waals surface area contributed by atoms with Crippen LogP contribution in [0.3, 0.4) is 0 Å². The van der Waals surface area contributed by atoms with Crippen LogP contribution in [0.4, 0.5) is 0 Å². The second-order valence-corrected chi connectivity index (χ2v) is 16.4. The molecule has 4 heterocycles. The fraction of sp³-hybridized carbons (Fsp3) is 0. The van der Waals surface area contributed by atoms with Crippen LogP contribution >= 0.6 is 0 Å². The number of fused-ring (bicyclic) bond motifs is 6. The number of benzene rings is 8. The molecule has 306 valence electrons. The molecule has 4 aromatic heterocycles. The lowest BCUT2D eigenvalue weighted by molar-refractivity contribution is 1.13. The molecule has 0 spiro atoms. The van der Waals surface area contributed by atoms with Crippen molar-refractivity contribution >= 4 is 43.6 Å². The molecule has 66 heavy (non-hydrogen) atoms. The molecular formula is C60H36N6. The van der Waals surface area contributed by atoms with Crippen LogP contribution in [-0.2, 0) is 0 Å². The van der Waals surface area contributed by atoms with Crippen molar-refractivity contribution in [3.05, 3.63) is 230 Å². The molecule has 0 fully saturated rings. The molecule has 0 atom stereocenters. The first-order chi connectivity index (χ1) is 32.7. The molecule has 0 aliphatic rings. The number of aromatic nitrogens is 4. The predicted molar refractivity (Wildman–Crippen MR) is 267 cm³/mol. The molecule has 0 bridgehead atoms. The van der Waals surface area contributed by atoms with E-state index in [1.54, 1.807) is 0 Å². The summed E-state index contributed by atoms with van der Waals surface area (Å²) in [6.07, 6.45) is 3.69. The van der Waals surface area contributed by atoms with Crippen LogP contribution in [-0.4, -0.2) is 19.1 Å². The van der Waals surface area contributed by atoms with Crippen molar-refractivity contribution in [2.45, 2.75) is 0 Å². The largest absolute Gasteiger partial charge is 0.308 e. The highest BCUT2D eigenvalue weighted by molar-refractivity contribution is 6.13. The maximum absolute atomic E-state index is 10.9. The van der Waals surface area contributed by atoms with Gasteiger partial charge in [-0.15, -0.1) is 0 Å². The minimum Gasteiger partial charge on any atom is -0.308 e. The first kappa shape index (κ1) is 38.3. The molecule has 6 nitrogen and oxygen atoms in total. The minimum absolute atomic E-state index is 0.510. The summed E-state index contributed by atoms with van der Waals surface area (Å²) >= 11 is 0. The normalized spacial score (nSPS) is 11.3. The van der Waals surface area contributed by atoms with Crippen LogP contribution in [0, 0.1) is 22.7 Å². The summed E-state index contributed by atoms with van der Waals surface area (Å²) in [7, 11) is 0. The lowest BCUT2D eigenvalue weighted by Gasteiger charge is -2.21. The van der Waals surface area contributed by atoms with Gasteiger partial charge in [-0.2, -0.15) is 10.5 Å². The van der Waals surface area contributed by atoms with Crippen molar-refractivity contribution in [2.24, 2.45) is 0 Å². The van der Waals surface area contributed by atoms with Gasteiger partial charge in [0, 0.05) is 61.8 Å². The zero-order valence-electron chi connectivity index (χ0n) is 35.5. The van der Waals surface area contributed by atoms with Gasteiger partial charge in [0.15, 0.2) is 0 Å². The van der Waals surface area contributed by atoms with Crippen LogP contribution in [0.5, 0.6) is 0 Å². The van der Waals surface area contributed by atoms with Gasteiger partial charge in [0.2, 0.25) is 0 Å². The molecule has 0 saturated heterocycles. The van der Waals surface area contributed by atoms with Gasteiger partial charge in [0.1, 0.15) is 0 Å². The molecule has 0 amide bonds. The van der Waals surface area contributed by atoms with Crippen molar-refractivity contribution in [3.63, 3.8) is 0 Å². The van der Waals surface area contributed by atoms with Crippen molar-refractivity contribution in [2.75, 3.05) is 0 Å². The molecule has 12 rings (SSSR count). The van der Waals surface area contributed by atoms with Crippen LogP contribution in [0.25, 0.3) is 111 Å². The smallest absolute Gasteiger partial charge is 0.0993 e. The number of hydrogen-bond donors (Lipinski definition) is 0. The molecule has 0 aliphatic heterocycles. The van der Waals surface area contributed by atoms with E-state index in [4.69, 9.17) is 9.97 Å². The predicted octanol–water partition coefficient (Wildman–Crippen LogP) is 14.7. The summed E-state index contributed by atoms with van der Waals surface area (Å²) in [5.74, 6) is 0. The van der Waals surface area contributed by atoms with Gasteiger partial charge in [0.25, 0.3) is 0 Å². The van der Waals surface area contributed by atoms with Gasteiger partial charge >= 0.3 is 0 Å². The van der Waals surface area contributed by atoms with Crippen molar-refractivity contribution in [1.82, 2.24) is 19.1 Å². The van der Waals surface area contributed by atoms with E-state index in [-0.39, 0.29) is 0 Å². The second-order valence-electron chi connectivity index (χ2n) is 16.4. The number of rotatable bonds is 7. The Hall–Kier alpha value is -9.36. The Labute approximate surface area is 380 Å². The number of nitrogens with zero attached hydrogens (tertiary/aromatic N) is 6. The average Bonchev–Trinajstić information content (AvgIpc) is 3.91. The fourth-order valence-electron chi connectivity index (χ4n) is 9.80. The Kier molecular flexibility index (Phi) is 9.16. The number of para-hydroxylation sites is 2. The summed E-state index contributed by atoms with van der Waals surface area (Å²) in [6, 6.07) is 75.7. The van der Waals surface area contributed by atoms with E-state index in [9.17, 15) is 10.5 Å². The minimum atomic E-state index is 0.510. The van der Waals surface area contributed by atoms with Crippen LogP contribution in [0.15, 0.2) is 219 Å². The SMILES string of the molecule is N#Cc1cccc(-c2c(-n3c4ccccc4c4cc(-c5cccnc5-c5ccccc5)ccc43)cc(C#N)cc2-n2c3ccccc3c3cc(-c4cccnc4-c4ccccc4)ccc32)c1. The summed E-state index contributed by atoms with van der Waals surface area (Å²) in [4.78, 5) is 9.70. The summed E-state index contributed by atoms with van der Waals surface area (Å²) in [6.45, 7) is 0. The maximum Gasteiger partial charge on any atom is 0.0993 e. The Morgan fingerprint density at radius 1 is 0.333 bits per heavy atom. The highest BCUT2D eigenvalue weighted by Gasteiger charge is 2.24. The number of pyridine rings is 2. The molecule has 0 unspecified atom stereocenters. The maximum atomic E-state index is 10.9. The van der Waals surface area contributed by atoms with Crippen molar-refractivity contribution < 1.29 is 0 Å². The van der Waals surface area contributed by atoms with Crippen LogP contribution in [0.1, 0.15) is 11.1 Å². The van der Waals surface area contributed by atoms with E-state index in [2.05, 4.69) is 149 Å². The van der Waals surface area contributed by atoms with Crippen molar-refractivity contribution in [1.29, 1.82) is 10.5 Å². The van der Waals surface area contributed by atoms with E-state index >= 15 is 0 Å². The third-order valence-electron chi connectivity index (χ3n) is 12.7. The van der Waals surface area contributed by atoms with Crippen LogP contribution < -0.4 is 0 Å². The van der Waals surface area contributed by atoms with E-state index in [0.717, 1.165) is 111 Å². The standard InChI is InChI=1S/C60H36N6/c61-37-39-14-11-19-45(32-39)58-56(65-52-24-9-7-20-48(52)50-35-43(26-28-54(50)65)46-22-12-30-63-59(46)41-15-3-1-4-16-41)33-40(38-62)34-57(58)66-53-25-10-8-21-49(53)51-36-44(27-29-55(51)66)47-23-13-31-64-60(47)42-17-5-2-6-18-42/h1-36H. The molecule has 12 aromatic rings. The molecule has 0 radical (unpaired) electrons. The van der Waals surface area contributed by atoms with Gasteiger partial charge in [-0.25, -0.2) is 0 Å². The Morgan fingerprint density at radius 2 is 0.788 bits per heavy atom. The summed E-state index contributed by atoms with van der Waals surface area (Å²) in [5.41, 5.74) is 16.6. The Bertz CT molecular complexity index is 3740. The fourth-order valence-corrected chi connectivity index (χ4v) is 9.80. The van der Waals surface area contributed by atoms with Gasteiger partial charge in [-0.3, -0.25) is 9.97 Å². The molecule has 0 aliphatic carbocycles. The zero-order valence-corrected chi connectivity index (χ0v) is 35.5. The molecule has 0 saturated carbocycles. The lowest BCUT2D eigenvalue weighted by atomic mass is 9.96. The number of nitriles is 2. The van der Waals surface area contributed by atoms with Gasteiger partial charge in [-0.05, 0) is 89.5 Å². The number of hydrogen-bond acceptors (Lipinski definition) is 4. The summed E-state index contributed by atoms with van der Waals surface area (Å²) in [5, 5.41) is 25.5. The third kappa shape index (κ3) is 6.25. The molecule has 6 heteroatoms. The van der Waals surface area contributed by atoms with E-state index in [1.165, 1.54) is 0 Å². The Morgan fingerprint density at radius 3 is 1.29 bits per heavy atom. The lowest BCUT2D eigenvalue weighted by Crippen LogP contribution is -2.05. The third-order valence-corrected chi connectivity index (χ3v) is 12.7. The quantitative estimate of drug-likeness (QED) is 0.160. The van der Waals surface area contributed by atoms with E-state index in [0.29, 0.717) is 11.1 Å². The average molecular weight is 841 g/mol. The van der Waals surface area contributed by atoms with E-state index < -0.39 is 0 Å². The van der Waals surface area contributed by atoms with Gasteiger partial charge < -0.3 is 9.13 Å².